The molecule has 1 fully saturated rings. The van der Waals surface area contributed by atoms with Gasteiger partial charge in [-0.25, -0.2) is 0 Å². The molecule has 0 aliphatic heterocycles. The van der Waals surface area contributed by atoms with Gasteiger partial charge in [-0.2, -0.15) is 0 Å². The zero-order chi connectivity index (χ0) is 11.6. The summed E-state index contributed by atoms with van der Waals surface area (Å²) in [6.45, 7) is 7.96. The van der Waals surface area contributed by atoms with Crippen LogP contribution in [0.5, 0.6) is 0 Å². The summed E-state index contributed by atoms with van der Waals surface area (Å²) < 4.78 is 14.8. The summed E-state index contributed by atoms with van der Waals surface area (Å²) in [6.07, 6.45) is 2.49. The molecule has 1 aliphatic rings. The van der Waals surface area contributed by atoms with Gasteiger partial charge in [-0.15, -0.1) is 4.72 Å². The maximum atomic E-state index is 11.9. The molecule has 90 valence electrons. The monoisotopic (exact) mass is 233 g/mol. The maximum Gasteiger partial charge on any atom is 0.136 e. The van der Waals surface area contributed by atoms with Crippen molar-refractivity contribution in [2.24, 2.45) is 5.92 Å². The summed E-state index contributed by atoms with van der Waals surface area (Å²) in [6, 6.07) is 0.295. The van der Waals surface area contributed by atoms with E-state index < -0.39 is 11.4 Å². The van der Waals surface area contributed by atoms with Crippen LogP contribution in [0, 0.1) is 5.92 Å². The number of hydrogen-bond donors (Lipinski definition) is 2. The van der Waals surface area contributed by atoms with Crippen molar-refractivity contribution in [2.45, 2.75) is 63.9 Å². The molecule has 4 heteroatoms. The number of nitrogens with one attached hydrogen (secondary N) is 1. The van der Waals surface area contributed by atoms with Crippen LogP contribution in [0.1, 0.15) is 47.0 Å². The highest BCUT2D eigenvalue weighted by molar-refractivity contribution is 7.90. The van der Waals surface area contributed by atoms with Gasteiger partial charge < -0.3 is 9.66 Å². The first-order valence-corrected chi connectivity index (χ1v) is 6.82. The Morgan fingerprint density at radius 1 is 1.33 bits per heavy atom. The first-order chi connectivity index (χ1) is 6.80. The SMILES string of the molecule is C[C@H]1C[C@@H](N[S+]([O-])C(C)(C)C)CC[C@@H]1O. The second-order valence-corrected chi connectivity index (χ2v) is 7.55. The molecule has 15 heavy (non-hydrogen) atoms. The Hall–Kier alpha value is 0.230. The molecule has 2 N–H and O–H groups in total. The minimum Gasteiger partial charge on any atom is -0.598 e. The van der Waals surface area contributed by atoms with Gasteiger partial charge in [0.15, 0.2) is 0 Å². The van der Waals surface area contributed by atoms with E-state index >= 15 is 0 Å². The summed E-state index contributed by atoms with van der Waals surface area (Å²) in [5.74, 6) is 0.313. The number of hydrogen-bond acceptors (Lipinski definition) is 3. The van der Waals surface area contributed by atoms with Crippen molar-refractivity contribution in [1.29, 1.82) is 0 Å². The smallest absolute Gasteiger partial charge is 0.136 e. The molecular formula is C11H23NO2S. The lowest BCUT2D eigenvalue weighted by molar-refractivity contribution is 0.0696. The van der Waals surface area contributed by atoms with Crippen LogP contribution in [0.4, 0.5) is 0 Å². The third kappa shape index (κ3) is 3.94. The minimum atomic E-state index is -0.993. The lowest BCUT2D eigenvalue weighted by Crippen LogP contribution is -2.47. The standard InChI is InChI=1S/C11H23NO2S/c1-8-7-9(5-6-10(8)13)12-15(14)11(2,3)4/h8-10,12-13H,5-7H2,1-4H3/t8-,9-,10-,15?/m0/s1. The molecule has 0 amide bonds. The van der Waals surface area contributed by atoms with E-state index in [1.54, 1.807) is 0 Å². The Morgan fingerprint density at radius 3 is 2.40 bits per heavy atom. The average molecular weight is 233 g/mol. The molecule has 0 saturated heterocycles. The van der Waals surface area contributed by atoms with Crippen LogP contribution in [0.25, 0.3) is 0 Å². The van der Waals surface area contributed by atoms with Gasteiger partial charge in [0.2, 0.25) is 0 Å². The average Bonchev–Trinajstić information content (AvgIpc) is 2.10. The van der Waals surface area contributed by atoms with E-state index in [-0.39, 0.29) is 10.9 Å². The first kappa shape index (κ1) is 13.3. The van der Waals surface area contributed by atoms with Crippen LogP contribution in [0.15, 0.2) is 0 Å². The predicted octanol–water partition coefficient (Wildman–Crippen LogP) is 1.59. The Kier molecular flexibility index (Phi) is 4.47. The quantitative estimate of drug-likeness (QED) is 0.712. The highest BCUT2D eigenvalue weighted by Gasteiger charge is 2.33. The van der Waals surface area contributed by atoms with Gasteiger partial charge in [0.05, 0.1) is 12.1 Å². The van der Waals surface area contributed by atoms with Crippen LogP contribution < -0.4 is 4.72 Å². The number of aliphatic hydroxyl groups excluding tert-OH is 1. The Labute approximate surface area is 96.0 Å². The van der Waals surface area contributed by atoms with Crippen molar-refractivity contribution < 1.29 is 9.66 Å². The topological polar surface area (TPSA) is 55.3 Å². The van der Waals surface area contributed by atoms with E-state index in [4.69, 9.17) is 0 Å². The Balaban J connectivity index is 2.40. The zero-order valence-corrected chi connectivity index (χ0v) is 10.9. The van der Waals surface area contributed by atoms with Gasteiger partial charge in [0, 0.05) is 11.4 Å². The molecule has 1 saturated carbocycles. The second kappa shape index (κ2) is 5.04. The van der Waals surface area contributed by atoms with Gasteiger partial charge in [0.25, 0.3) is 0 Å². The Bertz CT molecular complexity index is 205. The predicted molar refractivity (Wildman–Crippen MR) is 63.8 cm³/mol. The summed E-state index contributed by atoms with van der Waals surface area (Å²) in [5.41, 5.74) is 0. The molecular weight excluding hydrogens is 210 g/mol. The molecule has 0 bridgehead atoms. The van der Waals surface area contributed by atoms with Crippen LogP contribution in [0.3, 0.4) is 0 Å². The molecule has 3 nitrogen and oxygen atoms in total. The van der Waals surface area contributed by atoms with E-state index in [1.165, 1.54) is 0 Å². The molecule has 0 heterocycles. The van der Waals surface area contributed by atoms with E-state index in [2.05, 4.69) is 11.6 Å². The van der Waals surface area contributed by atoms with E-state index in [0.717, 1.165) is 19.3 Å². The maximum absolute atomic E-state index is 11.9. The molecule has 0 radical (unpaired) electrons. The molecule has 0 aromatic heterocycles. The lowest BCUT2D eigenvalue weighted by atomic mass is 9.85. The first-order valence-electron chi connectivity index (χ1n) is 5.67. The summed E-state index contributed by atoms with van der Waals surface area (Å²) >= 11 is -0.993. The van der Waals surface area contributed by atoms with Crippen molar-refractivity contribution in [3.8, 4) is 0 Å². The fraction of sp³-hybridized carbons (Fsp3) is 1.00. The van der Waals surface area contributed by atoms with E-state index in [0.29, 0.717) is 12.0 Å². The number of rotatable bonds is 2. The zero-order valence-electron chi connectivity index (χ0n) is 10.1. The van der Waals surface area contributed by atoms with Crippen LogP contribution in [0.2, 0.25) is 0 Å². The summed E-state index contributed by atoms with van der Waals surface area (Å²) in [5, 5.41) is 9.59. The fourth-order valence-electron chi connectivity index (χ4n) is 1.82. The van der Waals surface area contributed by atoms with Crippen molar-refractivity contribution >= 4 is 11.4 Å². The van der Waals surface area contributed by atoms with Gasteiger partial charge in [-0.05, 0) is 46.0 Å². The van der Waals surface area contributed by atoms with Crippen molar-refractivity contribution in [3.63, 3.8) is 0 Å². The normalized spacial score (nSPS) is 35.2. The second-order valence-electron chi connectivity index (χ2n) is 5.55. The van der Waals surface area contributed by atoms with Crippen molar-refractivity contribution in [3.05, 3.63) is 0 Å². The molecule has 1 rings (SSSR count). The largest absolute Gasteiger partial charge is 0.598 e. The lowest BCUT2D eigenvalue weighted by Gasteiger charge is -2.34. The Morgan fingerprint density at radius 2 is 1.93 bits per heavy atom. The molecule has 0 aromatic carbocycles. The highest BCUT2D eigenvalue weighted by Crippen LogP contribution is 2.26. The highest BCUT2D eigenvalue weighted by atomic mass is 32.2. The molecule has 1 aliphatic carbocycles. The molecule has 0 spiro atoms. The molecule has 0 aromatic rings. The van der Waals surface area contributed by atoms with Crippen molar-refractivity contribution in [1.82, 2.24) is 4.72 Å². The molecule has 4 atom stereocenters. The van der Waals surface area contributed by atoms with E-state index in [1.807, 2.05) is 20.8 Å². The van der Waals surface area contributed by atoms with E-state index in [9.17, 15) is 9.66 Å². The third-order valence-electron chi connectivity index (χ3n) is 2.95. The number of aliphatic hydroxyl groups is 1. The van der Waals surface area contributed by atoms with Crippen LogP contribution in [-0.2, 0) is 11.4 Å². The van der Waals surface area contributed by atoms with Gasteiger partial charge in [-0.1, -0.05) is 6.92 Å². The van der Waals surface area contributed by atoms with Crippen molar-refractivity contribution in [2.75, 3.05) is 0 Å². The molecule has 1 unspecified atom stereocenters. The van der Waals surface area contributed by atoms with Crippen LogP contribution in [-0.4, -0.2) is 26.6 Å². The van der Waals surface area contributed by atoms with Crippen LogP contribution >= 0.6 is 0 Å². The summed E-state index contributed by atoms with van der Waals surface area (Å²) in [4.78, 5) is 0. The summed E-state index contributed by atoms with van der Waals surface area (Å²) in [7, 11) is 0. The van der Waals surface area contributed by atoms with Gasteiger partial charge in [-0.3, -0.25) is 0 Å². The minimum absolute atomic E-state index is 0.175. The fourth-order valence-corrected chi connectivity index (χ4v) is 2.69. The van der Waals surface area contributed by atoms with Gasteiger partial charge in [0.1, 0.15) is 4.75 Å². The third-order valence-corrected chi connectivity index (χ3v) is 4.61. The van der Waals surface area contributed by atoms with Gasteiger partial charge >= 0.3 is 0 Å².